The number of aliphatic hydroxyl groups is 1. The average Bonchev–Trinajstić information content (AvgIpc) is 2.66. The second-order valence-electron chi connectivity index (χ2n) is 13.3. The van der Waals surface area contributed by atoms with Gasteiger partial charge >= 0.3 is 0 Å². The summed E-state index contributed by atoms with van der Waals surface area (Å²) in [6.45, 7) is 24.6. The summed E-state index contributed by atoms with van der Waals surface area (Å²) in [5.74, 6) is 0.846. The SMILES string of the molecule is CC1=CC(C)(C)C(CC(C)C2C3(O)COC3CC(C)C2(C)C(=O)C(C)C)(O[SiH](C)C)CC1C. The topological polar surface area (TPSA) is 55.8 Å². The maximum Gasteiger partial charge on any atom is 0.171 e. The molecule has 1 heterocycles. The number of ether oxygens (including phenoxy) is 1. The molecule has 1 aliphatic heterocycles. The number of carbonyl (C=O) groups is 1. The predicted octanol–water partition coefficient (Wildman–Crippen LogP) is 5.78. The third kappa shape index (κ3) is 4.23. The molecule has 0 aromatic heterocycles. The van der Waals surface area contributed by atoms with Crippen LogP contribution < -0.4 is 0 Å². The molecule has 0 bridgehead atoms. The summed E-state index contributed by atoms with van der Waals surface area (Å²) in [7, 11) is -1.34. The zero-order valence-corrected chi connectivity index (χ0v) is 24.3. The number of carbonyl (C=O) groups excluding carboxylic acids is 1. The van der Waals surface area contributed by atoms with E-state index in [0.717, 1.165) is 19.3 Å². The normalized spacial score (nSPS) is 43.6. The van der Waals surface area contributed by atoms with Gasteiger partial charge in [-0.25, -0.2) is 0 Å². The molecule has 2 fully saturated rings. The molecular formula is C28H50O4Si. The van der Waals surface area contributed by atoms with E-state index >= 15 is 0 Å². The maximum absolute atomic E-state index is 13.7. The van der Waals surface area contributed by atoms with Crippen molar-refractivity contribution in [3.8, 4) is 0 Å². The Morgan fingerprint density at radius 1 is 1.24 bits per heavy atom. The number of fused-ring (bicyclic) bond motifs is 1. The van der Waals surface area contributed by atoms with E-state index < -0.39 is 20.1 Å². The van der Waals surface area contributed by atoms with E-state index in [1.165, 1.54) is 5.57 Å². The van der Waals surface area contributed by atoms with Crippen LogP contribution in [0.3, 0.4) is 0 Å². The van der Waals surface area contributed by atoms with Gasteiger partial charge in [0, 0.05) is 22.7 Å². The largest absolute Gasteiger partial charge is 0.414 e. The summed E-state index contributed by atoms with van der Waals surface area (Å²) in [5, 5.41) is 11.9. The molecule has 3 aliphatic rings. The highest BCUT2D eigenvalue weighted by molar-refractivity contribution is 6.48. The Kier molecular flexibility index (Phi) is 7.28. The van der Waals surface area contributed by atoms with Gasteiger partial charge in [-0.2, -0.15) is 0 Å². The molecule has 0 amide bonds. The van der Waals surface area contributed by atoms with Crippen molar-refractivity contribution in [2.24, 2.45) is 40.4 Å². The van der Waals surface area contributed by atoms with E-state index in [9.17, 15) is 9.90 Å². The molecular weight excluding hydrogens is 428 g/mol. The Bertz CT molecular complexity index is 789. The number of rotatable bonds is 7. The quantitative estimate of drug-likeness (QED) is 0.372. The Morgan fingerprint density at radius 3 is 2.33 bits per heavy atom. The molecule has 190 valence electrons. The molecule has 0 aromatic rings. The van der Waals surface area contributed by atoms with Crippen LogP contribution in [-0.2, 0) is 14.0 Å². The van der Waals surface area contributed by atoms with Crippen molar-refractivity contribution in [1.82, 2.24) is 0 Å². The fraction of sp³-hybridized carbons (Fsp3) is 0.893. The Morgan fingerprint density at radius 2 is 1.85 bits per heavy atom. The van der Waals surface area contributed by atoms with E-state index in [4.69, 9.17) is 9.16 Å². The van der Waals surface area contributed by atoms with Gasteiger partial charge in [0.25, 0.3) is 0 Å². The third-order valence-corrected chi connectivity index (χ3v) is 10.7. The van der Waals surface area contributed by atoms with Crippen LogP contribution >= 0.6 is 0 Å². The van der Waals surface area contributed by atoms with E-state index in [1.54, 1.807) is 0 Å². The minimum Gasteiger partial charge on any atom is -0.414 e. The van der Waals surface area contributed by atoms with Crippen molar-refractivity contribution in [2.75, 3.05) is 6.61 Å². The molecule has 5 heteroatoms. The van der Waals surface area contributed by atoms with Gasteiger partial charge in [-0.1, -0.05) is 67.0 Å². The Labute approximate surface area is 204 Å². The summed E-state index contributed by atoms with van der Waals surface area (Å²) in [6, 6.07) is 0. The zero-order chi connectivity index (χ0) is 25.1. The highest BCUT2D eigenvalue weighted by atomic mass is 28.3. The highest BCUT2D eigenvalue weighted by Gasteiger charge is 2.67. The molecule has 2 aliphatic carbocycles. The molecule has 3 rings (SSSR count). The summed E-state index contributed by atoms with van der Waals surface area (Å²) < 4.78 is 12.9. The summed E-state index contributed by atoms with van der Waals surface area (Å²) in [5.41, 5.74) is -0.460. The molecule has 33 heavy (non-hydrogen) atoms. The van der Waals surface area contributed by atoms with Crippen LogP contribution in [0.2, 0.25) is 13.1 Å². The minimum absolute atomic E-state index is 0.0571. The Balaban J connectivity index is 2.07. The second kappa shape index (κ2) is 8.87. The van der Waals surface area contributed by atoms with Crippen LogP contribution in [-0.4, -0.2) is 43.8 Å². The Hall–Kier alpha value is -0.493. The van der Waals surface area contributed by atoms with Crippen molar-refractivity contribution in [3.63, 3.8) is 0 Å². The average molecular weight is 479 g/mol. The molecule has 0 aromatic carbocycles. The molecule has 1 saturated carbocycles. The van der Waals surface area contributed by atoms with Gasteiger partial charge in [-0.05, 0) is 57.0 Å². The lowest BCUT2D eigenvalue weighted by molar-refractivity contribution is -0.316. The molecule has 0 radical (unpaired) electrons. The fourth-order valence-corrected chi connectivity index (χ4v) is 9.27. The van der Waals surface area contributed by atoms with Crippen LogP contribution in [0.4, 0.5) is 0 Å². The lowest BCUT2D eigenvalue weighted by atomic mass is 9.47. The summed E-state index contributed by atoms with van der Waals surface area (Å²) in [4.78, 5) is 13.7. The van der Waals surface area contributed by atoms with Gasteiger partial charge in [-0.15, -0.1) is 0 Å². The summed E-state index contributed by atoms with van der Waals surface area (Å²) >= 11 is 0. The van der Waals surface area contributed by atoms with Crippen molar-refractivity contribution >= 4 is 14.8 Å². The van der Waals surface area contributed by atoms with Crippen LogP contribution in [0, 0.1) is 40.4 Å². The number of Topliss-reactive ketones (excluding diaryl/α,β-unsaturated/α-hetero) is 1. The number of hydrogen-bond acceptors (Lipinski definition) is 4. The number of ketones is 1. The molecule has 8 atom stereocenters. The van der Waals surface area contributed by atoms with Crippen LogP contribution in [0.5, 0.6) is 0 Å². The lowest BCUT2D eigenvalue weighted by Gasteiger charge is -2.64. The minimum atomic E-state index is -1.34. The molecule has 1 saturated heterocycles. The van der Waals surface area contributed by atoms with Crippen molar-refractivity contribution in [2.45, 2.75) is 112 Å². The van der Waals surface area contributed by atoms with Crippen LogP contribution in [0.1, 0.15) is 81.6 Å². The van der Waals surface area contributed by atoms with E-state index in [1.807, 2.05) is 13.8 Å². The van der Waals surface area contributed by atoms with Crippen LogP contribution in [0.15, 0.2) is 11.6 Å². The van der Waals surface area contributed by atoms with Gasteiger partial charge in [0.2, 0.25) is 0 Å². The van der Waals surface area contributed by atoms with Gasteiger partial charge in [-0.3, -0.25) is 4.79 Å². The van der Waals surface area contributed by atoms with Crippen molar-refractivity contribution in [3.05, 3.63) is 11.6 Å². The predicted molar refractivity (Wildman–Crippen MR) is 138 cm³/mol. The maximum atomic E-state index is 13.7. The van der Waals surface area contributed by atoms with Crippen molar-refractivity contribution < 1.29 is 19.1 Å². The van der Waals surface area contributed by atoms with Gasteiger partial charge in [0.15, 0.2) is 9.04 Å². The first-order valence-electron chi connectivity index (χ1n) is 13.3. The monoisotopic (exact) mass is 478 g/mol. The molecule has 8 unspecified atom stereocenters. The summed E-state index contributed by atoms with van der Waals surface area (Å²) in [6.07, 6.45) is 4.86. The van der Waals surface area contributed by atoms with Crippen molar-refractivity contribution in [1.29, 1.82) is 0 Å². The molecule has 4 nitrogen and oxygen atoms in total. The molecule has 0 spiro atoms. The van der Waals surface area contributed by atoms with E-state index in [0.29, 0.717) is 12.5 Å². The lowest BCUT2D eigenvalue weighted by Crippen LogP contribution is -2.73. The van der Waals surface area contributed by atoms with Gasteiger partial charge in [0.1, 0.15) is 11.4 Å². The second-order valence-corrected chi connectivity index (χ2v) is 15.6. The standard InChI is InChI=1S/C28H50O4Si/c1-17(2)24(29)26(9)21(6)12-22-28(30,16-31-22)23(26)20(5)15-27(32-33(10)11)14-19(4)18(3)13-25(27,7)8/h13,17,19-23,30,33H,12,14-16H2,1-11H3. The highest BCUT2D eigenvalue weighted by Crippen LogP contribution is 2.61. The van der Waals surface area contributed by atoms with Crippen LogP contribution in [0.25, 0.3) is 0 Å². The third-order valence-electron chi connectivity index (χ3n) is 9.76. The smallest absolute Gasteiger partial charge is 0.171 e. The first-order chi connectivity index (χ1) is 15.0. The fourth-order valence-electron chi connectivity index (χ4n) is 7.87. The van der Waals surface area contributed by atoms with Gasteiger partial charge in [0.05, 0.1) is 18.3 Å². The number of allylic oxidation sites excluding steroid dienone is 1. The first-order valence-corrected chi connectivity index (χ1v) is 16.1. The zero-order valence-electron chi connectivity index (χ0n) is 23.1. The number of hydrogen-bond donors (Lipinski definition) is 1. The van der Waals surface area contributed by atoms with E-state index in [2.05, 4.69) is 67.6 Å². The van der Waals surface area contributed by atoms with Gasteiger partial charge < -0.3 is 14.3 Å². The first kappa shape index (κ1) is 27.1. The molecule has 1 N–H and O–H groups in total. The van der Waals surface area contributed by atoms with E-state index in [-0.39, 0.29) is 46.6 Å².